The Hall–Kier alpha value is -1.56. The molecule has 0 heterocycles. The maximum absolute atomic E-state index is 11.3. The second-order valence-corrected chi connectivity index (χ2v) is 6.54. The Morgan fingerprint density at radius 2 is 1.50 bits per heavy atom. The molecule has 0 aliphatic heterocycles. The first-order valence-electron chi connectivity index (χ1n) is 8.32. The van der Waals surface area contributed by atoms with Gasteiger partial charge in [-0.15, -0.1) is 0 Å². The molecular weight excluding hydrogens is 308 g/mol. The Bertz CT molecular complexity index is 515. The molecule has 5 heteroatoms. The fraction of sp³-hybridized carbons (Fsp3) is 0.579. The van der Waals surface area contributed by atoms with Crippen molar-refractivity contribution in [3.63, 3.8) is 0 Å². The lowest BCUT2D eigenvalue weighted by Crippen LogP contribution is -2.32. The fourth-order valence-corrected chi connectivity index (χ4v) is 2.74. The van der Waals surface area contributed by atoms with E-state index < -0.39 is 5.41 Å². The second kappa shape index (κ2) is 9.67. The zero-order valence-electron chi connectivity index (χ0n) is 14.5. The van der Waals surface area contributed by atoms with Crippen molar-refractivity contribution in [2.24, 2.45) is 5.41 Å². The van der Waals surface area contributed by atoms with E-state index in [2.05, 4.69) is 0 Å². The summed E-state index contributed by atoms with van der Waals surface area (Å²) in [7, 11) is 0. The lowest BCUT2D eigenvalue weighted by molar-refractivity contribution is -0.130. The van der Waals surface area contributed by atoms with E-state index in [4.69, 9.17) is 15.3 Å². The van der Waals surface area contributed by atoms with E-state index in [0.29, 0.717) is 19.3 Å². The van der Waals surface area contributed by atoms with Crippen molar-refractivity contribution in [3.8, 4) is 0 Å². The summed E-state index contributed by atoms with van der Waals surface area (Å²) in [5.41, 5.74) is 1.66. The number of aryl methyl sites for hydroxylation is 1. The SMILES string of the molecule is CCC(CO)(CO)CO.Cc1ccccc1C1CC(=O)CC(=O)C1. The van der Waals surface area contributed by atoms with Crippen LogP contribution in [0.1, 0.15) is 49.7 Å². The number of aliphatic hydroxyl groups is 3. The molecule has 2 rings (SSSR count). The van der Waals surface area contributed by atoms with E-state index in [9.17, 15) is 9.59 Å². The zero-order chi connectivity index (χ0) is 18.2. The predicted molar refractivity (Wildman–Crippen MR) is 91.8 cm³/mol. The molecule has 0 radical (unpaired) electrons. The van der Waals surface area contributed by atoms with Gasteiger partial charge >= 0.3 is 0 Å². The average Bonchev–Trinajstić information content (AvgIpc) is 2.58. The van der Waals surface area contributed by atoms with Crippen LogP contribution in [0.3, 0.4) is 0 Å². The van der Waals surface area contributed by atoms with Crippen molar-refractivity contribution in [2.75, 3.05) is 19.8 Å². The number of rotatable bonds is 5. The van der Waals surface area contributed by atoms with Crippen LogP contribution in [0.25, 0.3) is 0 Å². The summed E-state index contributed by atoms with van der Waals surface area (Å²) in [4.78, 5) is 22.7. The van der Waals surface area contributed by atoms with Gasteiger partial charge < -0.3 is 15.3 Å². The van der Waals surface area contributed by atoms with Crippen molar-refractivity contribution in [1.29, 1.82) is 0 Å². The number of hydrogen-bond donors (Lipinski definition) is 3. The zero-order valence-corrected chi connectivity index (χ0v) is 14.5. The summed E-state index contributed by atoms with van der Waals surface area (Å²) in [6.07, 6.45) is 1.78. The molecule has 1 aromatic rings. The standard InChI is InChI=1S/C13H14O2.C6H14O3/c1-9-4-2-3-5-13(9)10-6-11(14)8-12(15)7-10;1-2-6(3-7,4-8)5-9/h2-5,10H,6-8H2,1H3;7-9H,2-5H2,1H3. The van der Waals surface area contributed by atoms with E-state index in [1.54, 1.807) is 0 Å². The number of ketones is 2. The van der Waals surface area contributed by atoms with Crippen LogP contribution in [0.4, 0.5) is 0 Å². The van der Waals surface area contributed by atoms with E-state index in [1.165, 1.54) is 5.56 Å². The number of hydrogen-bond acceptors (Lipinski definition) is 5. The van der Waals surface area contributed by atoms with Gasteiger partial charge in [0.1, 0.15) is 11.6 Å². The summed E-state index contributed by atoms with van der Waals surface area (Å²) in [6.45, 7) is 3.38. The molecule has 1 saturated carbocycles. The van der Waals surface area contributed by atoms with Gasteiger partial charge in [0.2, 0.25) is 0 Å². The van der Waals surface area contributed by atoms with E-state index >= 15 is 0 Å². The second-order valence-electron chi connectivity index (χ2n) is 6.54. The molecule has 134 valence electrons. The number of benzene rings is 1. The molecule has 1 fully saturated rings. The van der Waals surface area contributed by atoms with Crippen LogP contribution >= 0.6 is 0 Å². The van der Waals surface area contributed by atoms with Gasteiger partial charge in [-0.2, -0.15) is 0 Å². The summed E-state index contributed by atoms with van der Waals surface area (Å²) in [5.74, 6) is 0.277. The Morgan fingerprint density at radius 3 is 1.88 bits per heavy atom. The van der Waals surface area contributed by atoms with Gasteiger partial charge in [0.25, 0.3) is 0 Å². The van der Waals surface area contributed by atoms with Crippen molar-refractivity contribution in [1.82, 2.24) is 0 Å². The van der Waals surface area contributed by atoms with Gasteiger partial charge in [0.05, 0.1) is 26.2 Å². The summed E-state index contributed by atoms with van der Waals surface area (Å²) >= 11 is 0. The fourth-order valence-electron chi connectivity index (χ4n) is 2.74. The Labute approximate surface area is 143 Å². The predicted octanol–water partition coefficient (Wildman–Crippen LogP) is 1.76. The van der Waals surface area contributed by atoms with E-state index in [1.807, 2.05) is 38.1 Å². The van der Waals surface area contributed by atoms with Crippen LogP contribution in [0, 0.1) is 12.3 Å². The number of carbonyl (C=O) groups excluding carboxylic acids is 2. The highest BCUT2D eigenvalue weighted by Crippen LogP contribution is 2.30. The van der Waals surface area contributed by atoms with Gasteiger partial charge in [0.15, 0.2) is 0 Å². The van der Waals surface area contributed by atoms with Crippen LogP contribution in [0.15, 0.2) is 24.3 Å². The van der Waals surface area contributed by atoms with Crippen molar-refractivity contribution in [3.05, 3.63) is 35.4 Å². The first-order chi connectivity index (χ1) is 11.4. The molecule has 1 aliphatic carbocycles. The largest absolute Gasteiger partial charge is 0.396 e. The highest BCUT2D eigenvalue weighted by molar-refractivity contribution is 6.02. The van der Waals surface area contributed by atoms with Crippen LogP contribution in [0.5, 0.6) is 0 Å². The lowest BCUT2D eigenvalue weighted by Gasteiger charge is -2.24. The molecule has 0 atom stereocenters. The molecule has 1 aliphatic rings. The monoisotopic (exact) mass is 336 g/mol. The minimum absolute atomic E-state index is 0.0829. The van der Waals surface area contributed by atoms with Crippen molar-refractivity contribution >= 4 is 11.6 Å². The van der Waals surface area contributed by atoms with Crippen LogP contribution < -0.4 is 0 Å². The quantitative estimate of drug-likeness (QED) is 0.712. The summed E-state index contributed by atoms with van der Waals surface area (Å²) in [5, 5.41) is 26.0. The van der Waals surface area contributed by atoms with E-state index in [0.717, 1.165) is 5.56 Å². The first kappa shape index (κ1) is 20.5. The smallest absolute Gasteiger partial charge is 0.140 e. The van der Waals surface area contributed by atoms with Crippen LogP contribution in [0.2, 0.25) is 0 Å². The van der Waals surface area contributed by atoms with Crippen molar-refractivity contribution in [2.45, 2.75) is 45.4 Å². The van der Waals surface area contributed by atoms with Crippen LogP contribution in [-0.2, 0) is 9.59 Å². The summed E-state index contributed by atoms with van der Waals surface area (Å²) < 4.78 is 0. The molecule has 0 spiro atoms. The third-order valence-electron chi connectivity index (χ3n) is 4.73. The highest BCUT2D eigenvalue weighted by atomic mass is 16.3. The minimum Gasteiger partial charge on any atom is -0.396 e. The van der Waals surface area contributed by atoms with Gasteiger partial charge in [-0.3, -0.25) is 9.59 Å². The molecule has 24 heavy (non-hydrogen) atoms. The first-order valence-corrected chi connectivity index (χ1v) is 8.32. The molecule has 3 N–H and O–H groups in total. The summed E-state index contributed by atoms with van der Waals surface area (Å²) in [6, 6.07) is 7.99. The third kappa shape index (κ3) is 5.51. The van der Waals surface area contributed by atoms with Crippen molar-refractivity contribution < 1.29 is 24.9 Å². The molecule has 0 amide bonds. The van der Waals surface area contributed by atoms with E-state index in [-0.39, 0.29) is 43.7 Å². The van der Waals surface area contributed by atoms with Crippen LogP contribution in [-0.4, -0.2) is 46.7 Å². The molecule has 0 unspecified atom stereocenters. The average molecular weight is 336 g/mol. The Balaban J connectivity index is 0.000000277. The maximum atomic E-state index is 11.3. The third-order valence-corrected chi connectivity index (χ3v) is 4.73. The Morgan fingerprint density at radius 1 is 1.00 bits per heavy atom. The lowest BCUT2D eigenvalue weighted by atomic mass is 9.81. The number of Topliss-reactive ketones (excluding diaryl/α,β-unsaturated/α-hetero) is 2. The molecular formula is C19H28O5. The van der Waals surface area contributed by atoms with Gasteiger partial charge in [-0.25, -0.2) is 0 Å². The number of carbonyl (C=O) groups is 2. The molecule has 0 aromatic heterocycles. The maximum Gasteiger partial charge on any atom is 0.140 e. The number of aliphatic hydroxyl groups excluding tert-OH is 3. The Kier molecular flexibility index (Phi) is 8.25. The molecule has 5 nitrogen and oxygen atoms in total. The molecule has 0 bridgehead atoms. The van der Waals surface area contributed by atoms with Gasteiger partial charge in [-0.1, -0.05) is 31.2 Å². The van der Waals surface area contributed by atoms with Gasteiger partial charge in [0, 0.05) is 18.3 Å². The minimum atomic E-state index is -0.667. The normalized spacial score (nSPS) is 15.9. The highest BCUT2D eigenvalue weighted by Gasteiger charge is 2.27. The molecule has 1 aromatic carbocycles. The van der Waals surface area contributed by atoms with Gasteiger partial charge in [-0.05, 0) is 30.4 Å². The molecule has 0 saturated heterocycles. The topological polar surface area (TPSA) is 94.8 Å².